The molecule has 0 unspecified atom stereocenters. The van der Waals surface area contributed by atoms with E-state index in [4.69, 9.17) is 5.73 Å². The minimum Gasteiger partial charge on any atom is -0.348 e. The quantitative estimate of drug-likeness (QED) is 0.840. The fraction of sp³-hybridized carbons (Fsp3) is 0.692. The van der Waals surface area contributed by atoms with Gasteiger partial charge in [-0.25, -0.2) is 0 Å². The molecular formula is C13H22N4O. The van der Waals surface area contributed by atoms with Crippen LogP contribution in [0.3, 0.4) is 0 Å². The van der Waals surface area contributed by atoms with Crippen molar-refractivity contribution in [1.29, 1.82) is 0 Å². The summed E-state index contributed by atoms with van der Waals surface area (Å²) in [4.78, 5) is 12.1. The van der Waals surface area contributed by atoms with Crippen molar-refractivity contribution in [3.8, 4) is 0 Å². The van der Waals surface area contributed by atoms with Crippen molar-refractivity contribution in [2.45, 2.75) is 51.1 Å². The summed E-state index contributed by atoms with van der Waals surface area (Å²) in [7, 11) is 1.81. The SMILES string of the molecule is CCc1cc(C(=O)NC2CCC(N)CC2)n(C)n1. The van der Waals surface area contributed by atoms with Gasteiger partial charge in [0.25, 0.3) is 5.91 Å². The summed E-state index contributed by atoms with van der Waals surface area (Å²) < 4.78 is 1.66. The average Bonchev–Trinajstić information content (AvgIpc) is 2.73. The van der Waals surface area contributed by atoms with E-state index in [1.165, 1.54) is 0 Å². The summed E-state index contributed by atoms with van der Waals surface area (Å²) in [6.07, 6.45) is 4.79. The van der Waals surface area contributed by atoms with Gasteiger partial charge in [0.15, 0.2) is 0 Å². The van der Waals surface area contributed by atoms with Crippen molar-refractivity contribution in [2.24, 2.45) is 12.8 Å². The van der Waals surface area contributed by atoms with Crippen molar-refractivity contribution < 1.29 is 4.79 Å². The Hall–Kier alpha value is -1.36. The predicted molar refractivity (Wildman–Crippen MR) is 70.3 cm³/mol. The first-order valence-corrected chi connectivity index (χ1v) is 6.69. The molecule has 0 atom stereocenters. The molecule has 1 saturated carbocycles. The Morgan fingerprint density at radius 1 is 1.50 bits per heavy atom. The third-order valence-electron chi connectivity index (χ3n) is 3.63. The van der Waals surface area contributed by atoms with Crippen LogP contribution in [0.15, 0.2) is 6.07 Å². The first-order valence-electron chi connectivity index (χ1n) is 6.69. The monoisotopic (exact) mass is 250 g/mol. The van der Waals surface area contributed by atoms with E-state index in [1.54, 1.807) is 4.68 Å². The standard InChI is InChI=1S/C13H22N4O/c1-3-10-8-12(17(2)16-10)13(18)15-11-6-4-9(14)5-7-11/h8-9,11H,3-7,14H2,1-2H3,(H,15,18). The molecule has 0 aliphatic heterocycles. The number of amides is 1. The van der Waals surface area contributed by atoms with Crippen molar-refractivity contribution in [2.75, 3.05) is 0 Å². The lowest BCUT2D eigenvalue weighted by Gasteiger charge is -2.26. The normalized spacial score (nSPS) is 23.9. The zero-order chi connectivity index (χ0) is 13.1. The van der Waals surface area contributed by atoms with Crippen LogP contribution in [-0.4, -0.2) is 27.8 Å². The highest BCUT2D eigenvalue weighted by molar-refractivity contribution is 5.92. The zero-order valence-corrected chi connectivity index (χ0v) is 11.1. The van der Waals surface area contributed by atoms with Crippen molar-refractivity contribution in [3.63, 3.8) is 0 Å². The molecule has 3 N–H and O–H groups in total. The fourth-order valence-electron chi connectivity index (χ4n) is 2.43. The van der Waals surface area contributed by atoms with Crippen molar-refractivity contribution in [1.82, 2.24) is 15.1 Å². The Morgan fingerprint density at radius 3 is 2.72 bits per heavy atom. The molecule has 0 radical (unpaired) electrons. The van der Waals surface area contributed by atoms with Crippen LogP contribution in [-0.2, 0) is 13.5 Å². The number of aryl methyl sites for hydroxylation is 2. The van der Waals surface area contributed by atoms with Crippen LogP contribution in [0, 0.1) is 0 Å². The maximum atomic E-state index is 12.1. The van der Waals surface area contributed by atoms with Crippen LogP contribution in [0.2, 0.25) is 0 Å². The first-order chi connectivity index (χ1) is 8.60. The number of rotatable bonds is 3. The number of aromatic nitrogens is 2. The minimum atomic E-state index is -0.0230. The molecule has 1 aromatic heterocycles. The van der Waals surface area contributed by atoms with Gasteiger partial charge >= 0.3 is 0 Å². The molecule has 1 fully saturated rings. The molecule has 1 aliphatic carbocycles. The molecule has 1 aromatic rings. The van der Waals surface area contributed by atoms with Gasteiger partial charge < -0.3 is 11.1 Å². The van der Waals surface area contributed by atoms with Crippen LogP contribution in [0.4, 0.5) is 0 Å². The van der Waals surface area contributed by atoms with E-state index in [0.717, 1.165) is 37.8 Å². The predicted octanol–water partition coefficient (Wildman–Crippen LogP) is 0.982. The van der Waals surface area contributed by atoms with Crippen LogP contribution in [0.25, 0.3) is 0 Å². The van der Waals surface area contributed by atoms with Crippen LogP contribution in [0.1, 0.15) is 48.8 Å². The summed E-state index contributed by atoms with van der Waals surface area (Å²) in [5, 5.41) is 7.37. The number of nitrogens with two attached hydrogens (primary N) is 1. The molecule has 0 bridgehead atoms. The third kappa shape index (κ3) is 2.90. The van der Waals surface area contributed by atoms with Crippen LogP contribution < -0.4 is 11.1 Å². The van der Waals surface area contributed by atoms with Crippen LogP contribution in [0.5, 0.6) is 0 Å². The number of nitrogens with zero attached hydrogens (tertiary/aromatic N) is 2. The van der Waals surface area contributed by atoms with Gasteiger partial charge in [0.05, 0.1) is 5.69 Å². The summed E-state index contributed by atoms with van der Waals surface area (Å²) >= 11 is 0. The topological polar surface area (TPSA) is 72.9 Å². The third-order valence-corrected chi connectivity index (χ3v) is 3.63. The van der Waals surface area contributed by atoms with E-state index in [9.17, 15) is 4.79 Å². The number of carbonyl (C=O) groups excluding carboxylic acids is 1. The second-order valence-corrected chi connectivity index (χ2v) is 5.08. The molecule has 0 aromatic carbocycles. The van der Waals surface area contributed by atoms with Gasteiger partial charge in [0, 0.05) is 19.1 Å². The number of hydrogen-bond acceptors (Lipinski definition) is 3. The molecule has 5 heteroatoms. The average molecular weight is 250 g/mol. The van der Waals surface area contributed by atoms with Gasteiger partial charge in [-0.3, -0.25) is 9.48 Å². The molecule has 5 nitrogen and oxygen atoms in total. The van der Waals surface area contributed by atoms with Crippen LogP contribution >= 0.6 is 0 Å². The number of nitrogens with one attached hydrogen (secondary N) is 1. The molecule has 0 saturated heterocycles. The molecule has 1 amide bonds. The smallest absolute Gasteiger partial charge is 0.269 e. The maximum Gasteiger partial charge on any atom is 0.269 e. The van der Waals surface area contributed by atoms with Crippen molar-refractivity contribution in [3.05, 3.63) is 17.5 Å². The molecule has 2 rings (SSSR count). The summed E-state index contributed by atoms with van der Waals surface area (Å²) in [5.74, 6) is -0.0230. The molecule has 0 spiro atoms. The lowest BCUT2D eigenvalue weighted by molar-refractivity contribution is 0.0916. The Bertz CT molecular complexity index is 419. The van der Waals surface area contributed by atoms with Gasteiger partial charge in [0.1, 0.15) is 5.69 Å². The van der Waals surface area contributed by atoms with E-state index in [0.29, 0.717) is 11.7 Å². The minimum absolute atomic E-state index is 0.0230. The Balaban J connectivity index is 1.96. The van der Waals surface area contributed by atoms with E-state index in [1.807, 2.05) is 20.0 Å². The summed E-state index contributed by atoms with van der Waals surface area (Å²) in [6.45, 7) is 2.03. The van der Waals surface area contributed by atoms with E-state index in [-0.39, 0.29) is 11.9 Å². The van der Waals surface area contributed by atoms with Gasteiger partial charge in [-0.1, -0.05) is 6.92 Å². The maximum absolute atomic E-state index is 12.1. The largest absolute Gasteiger partial charge is 0.348 e. The molecule has 100 valence electrons. The van der Waals surface area contributed by atoms with E-state index >= 15 is 0 Å². The van der Waals surface area contributed by atoms with Crippen molar-refractivity contribution >= 4 is 5.91 Å². The summed E-state index contributed by atoms with van der Waals surface area (Å²) in [6, 6.07) is 2.43. The lowest BCUT2D eigenvalue weighted by atomic mass is 9.92. The summed E-state index contributed by atoms with van der Waals surface area (Å²) in [5.41, 5.74) is 7.45. The molecule has 1 heterocycles. The van der Waals surface area contributed by atoms with Gasteiger partial charge in [-0.05, 0) is 38.2 Å². The Labute approximate surface area is 108 Å². The first kappa shape index (κ1) is 13.1. The zero-order valence-electron chi connectivity index (χ0n) is 11.1. The Morgan fingerprint density at radius 2 is 2.17 bits per heavy atom. The molecule has 1 aliphatic rings. The van der Waals surface area contributed by atoms with Gasteiger partial charge in [0.2, 0.25) is 0 Å². The van der Waals surface area contributed by atoms with Gasteiger partial charge in [-0.2, -0.15) is 5.10 Å². The second kappa shape index (κ2) is 5.52. The molecular weight excluding hydrogens is 228 g/mol. The van der Waals surface area contributed by atoms with E-state index < -0.39 is 0 Å². The van der Waals surface area contributed by atoms with Gasteiger partial charge in [-0.15, -0.1) is 0 Å². The fourth-order valence-corrected chi connectivity index (χ4v) is 2.43. The van der Waals surface area contributed by atoms with E-state index in [2.05, 4.69) is 10.4 Å². The second-order valence-electron chi connectivity index (χ2n) is 5.08. The highest BCUT2D eigenvalue weighted by Gasteiger charge is 2.22. The molecule has 18 heavy (non-hydrogen) atoms. The number of hydrogen-bond donors (Lipinski definition) is 2. The highest BCUT2D eigenvalue weighted by Crippen LogP contribution is 2.17. The number of carbonyl (C=O) groups is 1. The lowest BCUT2D eigenvalue weighted by Crippen LogP contribution is -2.41. The Kier molecular flexibility index (Phi) is 4.01. The highest BCUT2D eigenvalue weighted by atomic mass is 16.2.